The molecule has 4 aromatic rings. The molecular formula is C27H26N2O3. The number of hydrogen-bond donors (Lipinski definition) is 0. The average molecular weight is 427 g/mol. The third kappa shape index (κ3) is 3.44. The van der Waals surface area contributed by atoms with Gasteiger partial charge >= 0.3 is 0 Å². The van der Waals surface area contributed by atoms with E-state index in [-0.39, 0.29) is 17.6 Å². The molecule has 32 heavy (non-hydrogen) atoms. The highest BCUT2D eigenvalue weighted by molar-refractivity contribution is 6.09. The summed E-state index contributed by atoms with van der Waals surface area (Å²) in [4.78, 5) is 28.7. The first-order chi connectivity index (χ1) is 15.6. The molecule has 5 heteroatoms. The lowest BCUT2D eigenvalue weighted by Gasteiger charge is -2.32. The predicted octanol–water partition coefficient (Wildman–Crippen LogP) is 5.08. The van der Waals surface area contributed by atoms with Crippen LogP contribution in [0.5, 0.6) is 5.75 Å². The zero-order valence-corrected chi connectivity index (χ0v) is 18.4. The lowest BCUT2D eigenvalue weighted by Crippen LogP contribution is -2.42. The number of ketones is 1. The van der Waals surface area contributed by atoms with Crippen LogP contribution in [0.15, 0.2) is 66.7 Å². The van der Waals surface area contributed by atoms with E-state index in [0.29, 0.717) is 18.8 Å². The molecule has 0 saturated carbocycles. The van der Waals surface area contributed by atoms with Gasteiger partial charge in [-0.15, -0.1) is 0 Å². The van der Waals surface area contributed by atoms with Crippen molar-refractivity contribution in [3.05, 3.63) is 78.0 Å². The number of likely N-dealkylation sites (tertiary alicyclic amines) is 1. The van der Waals surface area contributed by atoms with Gasteiger partial charge in [-0.05, 0) is 41.8 Å². The van der Waals surface area contributed by atoms with E-state index in [0.717, 1.165) is 45.8 Å². The van der Waals surface area contributed by atoms with Crippen LogP contribution in [0.4, 0.5) is 0 Å². The van der Waals surface area contributed by atoms with Crippen molar-refractivity contribution in [2.45, 2.75) is 12.8 Å². The summed E-state index contributed by atoms with van der Waals surface area (Å²) in [7, 11) is 3.54. The summed E-state index contributed by atoms with van der Waals surface area (Å²) in [6.07, 6.45) is 1.63. The number of hydrogen-bond acceptors (Lipinski definition) is 3. The van der Waals surface area contributed by atoms with E-state index in [1.807, 2.05) is 83.2 Å². The molecule has 1 aliphatic heterocycles. The molecule has 2 heterocycles. The number of Topliss-reactive ketones (excluding diaryl/α,β-unsaturated/α-hetero) is 1. The van der Waals surface area contributed by atoms with Crippen molar-refractivity contribution in [3.8, 4) is 5.75 Å². The molecule has 0 N–H and O–H groups in total. The summed E-state index contributed by atoms with van der Waals surface area (Å²) in [5.41, 5.74) is 2.33. The third-order valence-electron chi connectivity index (χ3n) is 6.61. The van der Waals surface area contributed by atoms with Gasteiger partial charge in [0.05, 0.1) is 12.6 Å². The monoisotopic (exact) mass is 426 g/mol. The lowest BCUT2D eigenvalue weighted by atomic mass is 9.88. The standard InChI is InChI=1S/C27H26N2O3/c1-28-24-16-21(32-2)13-12-19(24)15-25(28)27(31)29-14-6-9-20(17-29)26(30)23-11-5-8-18-7-3-4-10-22(18)23/h3-5,7-8,10-13,15-16,20H,6,9,14,17H2,1-2H3. The van der Waals surface area contributed by atoms with Crippen LogP contribution in [0.3, 0.4) is 0 Å². The Labute approximate surface area is 187 Å². The Hall–Kier alpha value is -3.60. The minimum absolute atomic E-state index is 0.0295. The van der Waals surface area contributed by atoms with Crippen molar-refractivity contribution >= 4 is 33.4 Å². The Morgan fingerprint density at radius 3 is 2.62 bits per heavy atom. The van der Waals surface area contributed by atoms with E-state index in [1.54, 1.807) is 7.11 Å². The molecule has 3 aromatic carbocycles. The molecule has 5 rings (SSSR count). The zero-order valence-electron chi connectivity index (χ0n) is 18.4. The van der Waals surface area contributed by atoms with E-state index in [2.05, 4.69) is 0 Å². The first-order valence-electron chi connectivity index (χ1n) is 11.0. The van der Waals surface area contributed by atoms with Gasteiger partial charge < -0.3 is 14.2 Å². The molecule has 5 nitrogen and oxygen atoms in total. The van der Waals surface area contributed by atoms with Crippen molar-refractivity contribution < 1.29 is 14.3 Å². The molecule has 0 bridgehead atoms. The summed E-state index contributed by atoms with van der Waals surface area (Å²) in [6.45, 7) is 1.12. The predicted molar refractivity (Wildman–Crippen MR) is 126 cm³/mol. The summed E-state index contributed by atoms with van der Waals surface area (Å²) >= 11 is 0. The second-order valence-corrected chi connectivity index (χ2v) is 8.49. The van der Waals surface area contributed by atoms with Gasteiger partial charge in [-0.2, -0.15) is 0 Å². The number of ether oxygens (including phenoxy) is 1. The van der Waals surface area contributed by atoms with E-state index in [9.17, 15) is 9.59 Å². The Bertz CT molecular complexity index is 1330. The van der Waals surface area contributed by atoms with Crippen LogP contribution < -0.4 is 4.74 Å². The van der Waals surface area contributed by atoms with Gasteiger partial charge in [0.25, 0.3) is 5.91 Å². The van der Waals surface area contributed by atoms with E-state index >= 15 is 0 Å². The highest BCUT2D eigenvalue weighted by atomic mass is 16.5. The number of methoxy groups -OCH3 is 1. The highest BCUT2D eigenvalue weighted by Gasteiger charge is 2.31. The minimum atomic E-state index is -0.187. The smallest absolute Gasteiger partial charge is 0.270 e. The first-order valence-corrected chi connectivity index (χ1v) is 11.0. The minimum Gasteiger partial charge on any atom is -0.497 e. The summed E-state index contributed by atoms with van der Waals surface area (Å²) in [6, 6.07) is 21.6. The number of rotatable bonds is 4. The topological polar surface area (TPSA) is 51.5 Å². The number of carbonyl (C=O) groups excluding carboxylic acids is 2. The molecule has 1 amide bonds. The van der Waals surface area contributed by atoms with Crippen molar-refractivity contribution in [2.75, 3.05) is 20.2 Å². The van der Waals surface area contributed by atoms with Gasteiger partial charge in [0.2, 0.25) is 0 Å². The molecule has 1 unspecified atom stereocenters. The normalized spacial score (nSPS) is 16.4. The second-order valence-electron chi connectivity index (χ2n) is 8.49. The lowest BCUT2D eigenvalue weighted by molar-refractivity contribution is 0.0630. The van der Waals surface area contributed by atoms with Gasteiger partial charge in [0.1, 0.15) is 11.4 Å². The van der Waals surface area contributed by atoms with Crippen molar-refractivity contribution in [3.63, 3.8) is 0 Å². The fraction of sp³-hybridized carbons (Fsp3) is 0.259. The summed E-state index contributed by atoms with van der Waals surface area (Å²) < 4.78 is 7.24. The second kappa shape index (κ2) is 8.15. The number of amides is 1. The maximum Gasteiger partial charge on any atom is 0.270 e. The van der Waals surface area contributed by atoms with Crippen LogP contribution in [-0.2, 0) is 7.05 Å². The summed E-state index contributed by atoms with van der Waals surface area (Å²) in [5.74, 6) is 0.670. The van der Waals surface area contributed by atoms with Gasteiger partial charge in [0, 0.05) is 43.1 Å². The van der Waals surface area contributed by atoms with Crippen LogP contribution in [0.1, 0.15) is 33.7 Å². The summed E-state index contributed by atoms with van der Waals surface area (Å²) in [5, 5.41) is 3.04. The molecule has 0 radical (unpaired) electrons. The van der Waals surface area contributed by atoms with Crippen molar-refractivity contribution in [1.82, 2.24) is 9.47 Å². The van der Waals surface area contributed by atoms with Crippen molar-refractivity contribution in [1.29, 1.82) is 0 Å². The Kier molecular flexibility index (Phi) is 5.17. The fourth-order valence-electron chi connectivity index (χ4n) is 4.84. The van der Waals surface area contributed by atoms with Gasteiger partial charge in [0.15, 0.2) is 5.78 Å². The number of carbonyl (C=O) groups is 2. The van der Waals surface area contributed by atoms with Crippen LogP contribution >= 0.6 is 0 Å². The van der Waals surface area contributed by atoms with E-state index in [4.69, 9.17) is 4.74 Å². The van der Waals surface area contributed by atoms with Crippen molar-refractivity contribution in [2.24, 2.45) is 13.0 Å². The number of fused-ring (bicyclic) bond motifs is 2. The van der Waals surface area contributed by atoms with Gasteiger partial charge in [-0.1, -0.05) is 42.5 Å². The van der Waals surface area contributed by atoms with Crippen LogP contribution in [0, 0.1) is 5.92 Å². The van der Waals surface area contributed by atoms with Crippen LogP contribution in [-0.4, -0.2) is 41.4 Å². The Morgan fingerprint density at radius 1 is 0.969 bits per heavy atom. The average Bonchev–Trinajstić information content (AvgIpc) is 3.18. The molecule has 1 atom stereocenters. The van der Waals surface area contributed by atoms with Crippen LogP contribution in [0.2, 0.25) is 0 Å². The molecule has 0 spiro atoms. The number of aryl methyl sites for hydroxylation is 1. The molecule has 162 valence electrons. The van der Waals surface area contributed by atoms with Crippen LogP contribution in [0.25, 0.3) is 21.7 Å². The quantitative estimate of drug-likeness (QED) is 0.428. The SMILES string of the molecule is COc1ccc2cc(C(=O)N3CCCC(C(=O)c4cccc5ccccc45)C3)n(C)c2c1. The molecule has 1 aliphatic rings. The number of aromatic nitrogens is 1. The maximum absolute atomic E-state index is 13.4. The Balaban J connectivity index is 1.41. The zero-order chi connectivity index (χ0) is 22.2. The molecular weight excluding hydrogens is 400 g/mol. The fourth-order valence-corrected chi connectivity index (χ4v) is 4.84. The van der Waals surface area contributed by atoms with E-state index in [1.165, 1.54) is 0 Å². The van der Waals surface area contributed by atoms with Gasteiger partial charge in [-0.3, -0.25) is 9.59 Å². The highest BCUT2D eigenvalue weighted by Crippen LogP contribution is 2.28. The molecule has 1 fully saturated rings. The maximum atomic E-state index is 13.4. The number of piperidine rings is 1. The number of nitrogens with zero attached hydrogens (tertiary/aromatic N) is 2. The molecule has 0 aliphatic carbocycles. The largest absolute Gasteiger partial charge is 0.497 e. The Morgan fingerprint density at radius 2 is 1.78 bits per heavy atom. The molecule has 1 aromatic heterocycles. The third-order valence-corrected chi connectivity index (χ3v) is 6.61. The number of benzene rings is 3. The van der Waals surface area contributed by atoms with E-state index < -0.39 is 0 Å². The molecule has 1 saturated heterocycles. The first kappa shape index (κ1) is 20.3. The van der Waals surface area contributed by atoms with Gasteiger partial charge in [-0.25, -0.2) is 0 Å².